The molecule has 0 aliphatic carbocycles. The van der Waals surface area contributed by atoms with Crippen molar-refractivity contribution >= 4 is 5.69 Å². The molecule has 0 aliphatic heterocycles. The van der Waals surface area contributed by atoms with Crippen LogP contribution in [0.5, 0.6) is 5.75 Å². The number of aromatic nitrogens is 2. The molecule has 0 unspecified atom stereocenters. The Labute approximate surface area is 127 Å². The highest BCUT2D eigenvalue weighted by molar-refractivity contribution is 5.53. The highest BCUT2D eigenvalue weighted by Gasteiger charge is 2.11. The molecule has 0 saturated heterocycles. The second-order valence-electron chi connectivity index (χ2n) is 5.48. The maximum atomic E-state index is 5.42. The zero-order valence-electron chi connectivity index (χ0n) is 13.9. The van der Waals surface area contributed by atoms with Crippen LogP contribution in [0.3, 0.4) is 0 Å². The molecule has 21 heavy (non-hydrogen) atoms. The van der Waals surface area contributed by atoms with Crippen LogP contribution in [0, 0.1) is 27.7 Å². The molecule has 0 radical (unpaired) electrons. The summed E-state index contributed by atoms with van der Waals surface area (Å²) in [7, 11) is 1.72. The number of hydrogen-bond acceptors (Lipinski definition) is 3. The van der Waals surface area contributed by atoms with E-state index >= 15 is 0 Å². The topological polar surface area (TPSA) is 39.1 Å². The summed E-state index contributed by atoms with van der Waals surface area (Å²) in [5.41, 5.74) is 6.99. The average Bonchev–Trinajstić information content (AvgIpc) is 2.71. The summed E-state index contributed by atoms with van der Waals surface area (Å²) in [6, 6.07) is 4.35. The number of nitrogens with zero attached hydrogens (tertiary/aromatic N) is 2. The molecule has 4 nitrogen and oxygen atoms in total. The van der Waals surface area contributed by atoms with E-state index in [0.717, 1.165) is 30.2 Å². The standard InChI is InChI=1S/C17H25N3O/c1-7-20-14(5)16(13(4)19-20)18-10-15-8-11(2)17(21-6)12(3)9-15/h8-9,18H,7,10H2,1-6H3. The molecule has 0 spiro atoms. The van der Waals surface area contributed by atoms with Gasteiger partial charge in [-0.3, -0.25) is 4.68 Å². The number of ether oxygens (including phenoxy) is 1. The maximum absolute atomic E-state index is 5.42. The maximum Gasteiger partial charge on any atom is 0.124 e. The van der Waals surface area contributed by atoms with Gasteiger partial charge in [0.2, 0.25) is 0 Å². The zero-order valence-corrected chi connectivity index (χ0v) is 13.9. The average molecular weight is 287 g/mol. The summed E-state index contributed by atoms with van der Waals surface area (Å²) >= 11 is 0. The lowest BCUT2D eigenvalue weighted by Crippen LogP contribution is -2.04. The monoisotopic (exact) mass is 287 g/mol. The number of hydrogen-bond donors (Lipinski definition) is 1. The van der Waals surface area contributed by atoms with E-state index in [4.69, 9.17) is 4.74 Å². The van der Waals surface area contributed by atoms with E-state index in [-0.39, 0.29) is 0 Å². The quantitative estimate of drug-likeness (QED) is 0.910. The fraction of sp³-hybridized carbons (Fsp3) is 0.471. The van der Waals surface area contributed by atoms with Crippen molar-refractivity contribution in [1.29, 1.82) is 0 Å². The van der Waals surface area contributed by atoms with Crippen molar-refractivity contribution in [1.82, 2.24) is 9.78 Å². The SMILES string of the molecule is CCn1nc(C)c(NCc2cc(C)c(OC)c(C)c2)c1C. The molecule has 4 heteroatoms. The first kappa shape index (κ1) is 15.4. The van der Waals surface area contributed by atoms with Crippen molar-refractivity contribution in [2.24, 2.45) is 0 Å². The fourth-order valence-electron chi connectivity index (χ4n) is 2.92. The van der Waals surface area contributed by atoms with Crippen molar-refractivity contribution < 1.29 is 4.74 Å². The van der Waals surface area contributed by atoms with E-state index in [1.165, 1.54) is 22.4 Å². The Kier molecular flexibility index (Phi) is 4.56. The molecule has 0 aliphatic rings. The van der Waals surface area contributed by atoms with E-state index in [2.05, 4.69) is 50.2 Å². The van der Waals surface area contributed by atoms with E-state index < -0.39 is 0 Å². The first-order valence-corrected chi connectivity index (χ1v) is 7.39. The van der Waals surface area contributed by atoms with Crippen LogP contribution in [0.15, 0.2) is 12.1 Å². The van der Waals surface area contributed by atoms with Crippen molar-refractivity contribution in [3.63, 3.8) is 0 Å². The fourth-order valence-corrected chi connectivity index (χ4v) is 2.92. The molecule has 0 bridgehead atoms. The van der Waals surface area contributed by atoms with Gasteiger partial charge in [0.1, 0.15) is 5.75 Å². The smallest absolute Gasteiger partial charge is 0.124 e. The molecule has 1 heterocycles. The molecule has 2 aromatic rings. The molecule has 0 fully saturated rings. The van der Waals surface area contributed by atoms with Gasteiger partial charge in [-0.15, -0.1) is 0 Å². The van der Waals surface area contributed by atoms with Gasteiger partial charge in [-0.1, -0.05) is 12.1 Å². The van der Waals surface area contributed by atoms with Crippen LogP contribution in [0.4, 0.5) is 5.69 Å². The first-order chi connectivity index (χ1) is 9.97. The van der Waals surface area contributed by atoms with Crippen LogP contribution >= 0.6 is 0 Å². The Hall–Kier alpha value is -1.97. The number of anilines is 1. The summed E-state index contributed by atoms with van der Waals surface area (Å²) in [5.74, 6) is 0.977. The van der Waals surface area contributed by atoms with E-state index in [0.29, 0.717) is 0 Å². The summed E-state index contributed by atoms with van der Waals surface area (Å²) in [5, 5.41) is 8.06. The molecular formula is C17H25N3O. The number of benzene rings is 1. The van der Waals surface area contributed by atoms with Gasteiger partial charge in [-0.25, -0.2) is 0 Å². The lowest BCUT2D eigenvalue weighted by Gasteiger charge is -2.13. The molecule has 1 aromatic heterocycles. The molecular weight excluding hydrogens is 262 g/mol. The van der Waals surface area contributed by atoms with E-state index in [9.17, 15) is 0 Å². The van der Waals surface area contributed by atoms with Crippen LogP contribution < -0.4 is 10.1 Å². The van der Waals surface area contributed by atoms with Crippen LogP contribution in [0.1, 0.15) is 35.0 Å². The minimum atomic E-state index is 0.794. The van der Waals surface area contributed by atoms with Gasteiger partial charge in [-0.2, -0.15) is 5.10 Å². The number of rotatable bonds is 5. The summed E-state index contributed by atoms with van der Waals surface area (Å²) in [6.45, 7) is 12.1. The molecule has 1 aromatic carbocycles. The predicted molar refractivity (Wildman–Crippen MR) is 87.2 cm³/mol. The molecule has 0 saturated carbocycles. The second-order valence-corrected chi connectivity index (χ2v) is 5.48. The normalized spacial score (nSPS) is 10.8. The van der Waals surface area contributed by atoms with Crippen molar-refractivity contribution in [2.45, 2.75) is 47.7 Å². The summed E-state index contributed by atoms with van der Waals surface area (Å²) < 4.78 is 7.45. The van der Waals surface area contributed by atoms with Crippen molar-refractivity contribution in [3.8, 4) is 5.75 Å². The molecule has 2 rings (SSSR count). The summed E-state index contributed by atoms with van der Waals surface area (Å²) in [6.07, 6.45) is 0. The highest BCUT2D eigenvalue weighted by Crippen LogP contribution is 2.25. The van der Waals surface area contributed by atoms with Crippen molar-refractivity contribution in [3.05, 3.63) is 40.2 Å². The predicted octanol–water partition coefficient (Wildman–Crippen LogP) is 3.76. The highest BCUT2D eigenvalue weighted by atomic mass is 16.5. The third-order valence-electron chi connectivity index (χ3n) is 3.87. The Bertz CT molecular complexity index is 621. The molecule has 114 valence electrons. The zero-order chi connectivity index (χ0) is 15.6. The Morgan fingerprint density at radius 2 is 1.76 bits per heavy atom. The lowest BCUT2D eigenvalue weighted by molar-refractivity contribution is 0.408. The van der Waals surface area contributed by atoms with Crippen LogP contribution in [0.25, 0.3) is 0 Å². The van der Waals surface area contributed by atoms with Gasteiger partial charge in [0.25, 0.3) is 0 Å². The van der Waals surface area contributed by atoms with Gasteiger partial charge in [0.05, 0.1) is 24.2 Å². The Balaban J connectivity index is 2.19. The Morgan fingerprint density at radius 1 is 1.14 bits per heavy atom. The van der Waals surface area contributed by atoms with Gasteiger partial charge in [-0.05, 0) is 51.3 Å². The lowest BCUT2D eigenvalue weighted by atomic mass is 10.1. The third kappa shape index (κ3) is 3.04. The minimum absolute atomic E-state index is 0.794. The number of aryl methyl sites for hydroxylation is 4. The van der Waals surface area contributed by atoms with Crippen molar-refractivity contribution in [2.75, 3.05) is 12.4 Å². The van der Waals surface area contributed by atoms with E-state index in [1.807, 2.05) is 11.6 Å². The van der Waals surface area contributed by atoms with Crippen LogP contribution in [-0.4, -0.2) is 16.9 Å². The molecule has 0 amide bonds. The van der Waals surface area contributed by atoms with Gasteiger partial charge >= 0.3 is 0 Å². The second kappa shape index (κ2) is 6.20. The van der Waals surface area contributed by atoms with Gasteiger partial charge < -0.3 is 10.1 Å². The molecule has 1 N–H and O–H groups in total. The van der Waals surface area contributed by atoms with Gasteiger partial charge in [0, 0.05) is 13.1 Å². The number of methoxy groups -OCH3 is 1. The van der Waals surface area contributed by atoms with Crippen LogP contribution in [-0.2, 0) is 13.1 Å². The number of nitrogens with one attached hydrogen (secondary N) is 1. The largest absolute Gasteiger partial charge is 0.496 e. The molecule has 0 atom stereocenters. The van der Waals surface area contributed by atoms with E-state index in [1.54, 1.807) is 7.11 Å². The van der Waals surface area contributed by atoms with Crippen LogP contribution in [0.2, 0.25) is 0 Å². The first-order valence-electron chi connectivity index (χ1n) is 7.39. The third-order valence-corrected chi connectivity index (χ3v) is 3.87. The summed E-state index contributed by atoms with van der Waals surface area (Å²) in [4.78, 5) is 0. The minimum Gasteiger partial charge on any atom is -0.496 e. The Morgan fingerprint density at radius 3 is 2.24 bits per heavy atom. The van der Waals surface area contributed by atoms with Gasteiger partial charge in [0.15, 0.2) is 0 Å².